The molecule has 1 N–H and O–H groups in total. The van der Waals surface area contributed by atoms with Crippen molar-refractivity contribution in [1.82, 2.24) is 9.88 Å². The number of rotatable bonds is 4. The molecule has 21 heavy (non-hydrogen) atoms. The third-order valence-electron chi connectivity index (χ3n) is 3.58. The summed E-state index contributed by atoms with van der Waals surface area (Å²) in [5.74, 6) is -0.403. The van der Waals surface area contributed by atoms with E-state index in [1.807, 2.05) is 11.8 Å². The monoisotopic (exact) mass is 291 g/mol. The van der Waals surface area contributed by atoms with E-state index in [0.29, 0.717) is 5.69 Å². The molecule has 6 heteroatoms. The number of nitrogens with zero attached hydrogens (tertiary/aromatic N) is 2. The van der Waals surface area contributed by atoms with Crippen LogP contribution in [0, 0.1) is 0 Å². The largest absolute Gasteiger partial charge is 0.464 e. The number of anilines is 1. The van der Waals surface area contributed by atoms with Gasteiger partial charge in [0.2, 0.25) is 5.91 Å². The molecule has 2 rings (SSSR count). The summed E-state index contributed by atoms with van der Waals surface area (Å²) < 4.78 is 4.63. The number of esters is 1. The summed E-state index contributed by atoms with van der Waals surface area (Å²) in [6.07, 6.45) is 4.85. The van der Waals surface area contributed by atoms with Gasteiger partial charge < -0.3 is 15.0 Å². The standard InChI is InChI=1S/C15H21N3O3/c1-11(14(19)18-8-4-3-5-9-18)17-12-6-7-16-13(10-12)15(20)21-2/h6-7,10-11H,3-5,8-9H2,1-2H3,(H,16,17). The molecule has 1 aromatic heterocycles. The maximum absolute atomic E-state index is 12.3. The zero-order valence-electron chi connectivity index (χ0n) is 12.5. The lowest BCUT2D eigenvalue weighted by molar-refractivity contribution is -0.132. The van der Waals surface area contributed by atoms with E-state index in [0.717, 1.165) is 25.9 Å². The molecule has 1 aliphatic heterocycles. The van der Waals surface area contributed by atoms with E-state index >= 15 is 0 Å². The van der Waals surface area contributed by atoms with Gasteiger partial charge in [0.05, 0.1) is 7.11 Å². The predicted molar refractivity (Wildman–Crippen MR) is 79.1 cm³/mol. The molecule has 2 heterocycles. The number of methoxy groups -OCH3 is 1. The Balaban J connectivity index is 2.00. The van der Waals surface area contributed by atoms with Crippen LogP contribution in [0.4, 0.5) is 5.69 Å². The van der Waals surface area contributed by atoms with Crippen molar-refractivity contribution in [2.24, 2.45) is 0 Å². The predicted octanol–water partition coefficient (Wildman–Crippen LogP) is 1.68. The molecule has 0 bridgehead atoms. The number of aromatic nitrogens is 1. The van der Waals surface area contributed by atoms with Crippen LogP contribution in [0.25, 0.3) is 0 Å². The number of carbonyl (C=O) groups is 2. The maximum Gasteiger partial charge on any atom is 0.356 e. The van der Waals surface area contributed by atoms with Gasteiger partial charge in [0, 0.05) is 25.0 Å². The minimum atomic E-state index is -0.492. The van der Waals surface area contributed by atoms with Crippen LogP contribution in [0.2, 0.25) is 0 Å². The Kier molecular flexibility index (Phi) is 5.14. The van der Waals surface area contributed by atoms with Gasteiger partial charge >= 0.3 is 5.97 Å². The SMILES string of the molecule is COC(=O)c1cc(NC(C)C(=O)N2CCCCC2)ccn1. The molecule has 1 fully saturated rings. The Morgan fingerprint density at radius 1 is 1.33 bits per heavy atom. The van der Waals surface area contributed by atoms with E-state index in [4.69, 9.17) is 0 Å². The van der Waals surface area contributed by atoms with Gasteiger partial charge in [0.25, 0.3) is 0 Å². The van der Waals surface area contributed by atoms with Crippen molar-refractivity contribution in [2.75, 3.05) is 25.5 Å². The van der Waals surface area contributed by atoms with Gasteiger partial charge in [-0.3, -0.25) is 4.79 Å². The summed E-state index contributed by atoms with van der Waals surface area (Å²) in [6, 6.07) is 2.98. The van der Waals surface area contributed by atoms with E-state index in [1.165, 1.54) is 19.7 Å². The second-order valence-corrected chi connectivity index (χ2v) is 5.17. The van der Waals surface area contributed by atoms with Crippen LogP contribution in [-0.2, 0) is 9.53 Å². The normalized spacial score (nSPS) is 16.2. The number of pyridine rings is 1. The van der Waals surface area contributed by atoms with E-state index < -0.39 is 5.97 Å². The summed E-state index contributed by atoms with van der Waals surface area (Å²) >= 11 is 0. The summed E-state index contributed by atoms with van der Waals surface area (Å²) in [5.41, 5.74) is 0.906. The zero-order valence-corrected chi connectivity index (χ0v) is 12.5. The highest BCUT2D eigenvalue weighted by molar-refractivity contribution is 5.89. The molecule has 0 spiro atoms. The molecule has 114 valence electrons. The van der Waals surface area contributed by atoms with Gasteiger partial charge in [-0.2, -0.15) is 0 Å². The third-order valence-corrected chi connectivity index (χ3v) is 3.58. The molecule has 0 aliphatic carbocycles. The van der Waals surface area contributed by atoms with Gasteiger partial charge in [0.15, 0.2) is 0 Å². The van der Waals surface area contributed by atoms with Crippen LogP contribution in [0.5, 0.6) is 0 Å². The Hall–Kier alpha value is -2.11. The topological polar surface area (TPSA) is 71.5 Å². The molecule has 1 saturated heterocycles. The molecule has 0 radical (unpaired) electrons. The number of likely N-dealkylation sites (tertiary alicyclic amines) is 1. The lowest BCUT2D eigenvalue weighted by Gasteiger charge is -2.29. The fourth-order valence-corrected chi connectivity index (χ4v) is 2.44. The van der Waals surface area contributed by atoms with Crippen molar-refractivity contribution < 1.29 is 14.3 Å². The van der Waals surface area contributed by atoms with Crippen molar-refractivity contribution in [1.29, 1.82) is 0 Å². The highest BCUT2D eigenvalue weighted by Crippen LogP contribution is 2.14. The van der Waals surface area contributed by atoms with Crippen LogP contribution in [0.15, 0.2) is 18.3 Å². The van der Waals surface area contributed by atoms with Crippen LogP contribution in [0.1, 0.15) is 36.7 Å². The second-order valence-electron chi connectivity index (χ2n) is 5.17. The quantitative estimate of drug-likeness (QED) is 0.855. The molecular weight excluding hydrogens is 270 g/mol. The molecule has 1 aliphatic rings. The number of hydrogen-bond acceptors (Lipinski definition) is 5. The third kappa shape index (κ3) is 3.93. The van der Waals surface area contributed by atoms with Gasteiger partial charge in [0.1, 0.15) is 11.7 Å². The van der Waals surface area contributed by atoms with Crippen LogP contribution in [-0.4, -0.2) is 48.0 Å². The molecule has 0 aromatic carbocycles. The summed E-state index contributed by atoms with van der Waals surface area (Å²) in [7, 11) is 1.31. The zero-order chi connectivity index (χ0) is 15.2. The van der Waals surface area contributed by atoms with Crippen molar-refractivity contribution in [2.45, 2.75) is 32.2 Å². The molecule has 1 aromatic rings. The van der Waals surface area contributed by atoms with Crippen molar-refractivity contribution >= 4 is 17.6 Å². The van der Waals surface area contributed by atoms with E-state index in [9.17, 15) is 9.59 Å². The minimum absolute atomic E-state index is 0.0890. The molecule has 1 unspecified atom stereocenters. The van der Waals surface area contributed by atoms with E-state index in [-0.39, 0.29) is 17.6 Å². The molecular formula is C15H21N3O3. The minimum Gasteiger partial charge on any atom is -0.464 e. The van der Waals surface area contributed by atoms with Crippen molar-refractivity contribution in [3.05, 3.63) is 24.0 Å². The number of ether oxygens (including phenoxy) is 1. The Morgan fingerprint density at radius 2 is 2.05 bits per heavy atom. The number of carbonyl (C=O) groups excluding carboxylic acids is 2. The first kappa shape index (κ1) is 15.3. The van der Waals surface area contributed by atoms with E-state index in [2.05, 4.69) is 15.0 Å². The number of amides is 1. The Morgan fingerprint density at radius 3 is 2.71 bits per heavy atom. The lowest BCUT2D eigenvalue weighted by Crippen LogP contribution is -2.43. The van der Waals surface area contributed by atoms with Gasteiger partial charge in [-0.25, -0.2) is 9.78 Å². The van der Waals surface area contributed by atoms with Gasteiger partial charge in [-0.05, 0) is 38.3 Å². The van der Waals surface area contributed by atoms with E-state index in [1.54, 1.807) is 12.1 Å². The van der Waals surface area contributed by atoms with Crippen molar-refractivity contribution in [3.8, 4) is 0 Å². The average Bonchev–Trinajstić information content (AvgIpc) is 2.54. The lowest BCUT2D eigenvalue weighted by atomic mass is 10.1. The van der Waals surface area contributed by atoms with Gasteiger partial charge in [-0.15, -0.1) is 0 Å². The summed E-state index contributed by atoms with van der Waals surface area (Å²) in [5, 5.41) is 3.12. The van der Waals surface area contributed by atoms with Crippen LogP contribution in [0.3, 0.4) is 0 Å². The first-order valence-corrected chi connectivity index (χ1v) is 7.21. The second kappa shape index (κ2) is 7.06. The summed E-state index contributed by atoms with van der Waals surface area (Å²) in [4.78, 5) is 29.6. The fourth-order valence-electron chi connectivity index (χ4n) is 2.44. The summed E-state index contributed by atoms with van der Waals surface area (Å²) in [6.45, 7) is 3.48. The average molecular weight is 291 g/mol. The first-order chi connectivity index (χ1) is 10.1. The number of hydrogen-bond donors (Lipinski definition) is 1. The molecule has 1 amide bonds. The Labute approximate surface area is 124 Å². The number of piperidine rings is 1. The number of nitrogens with one attached hydrogen (secondary N) is 1. The van der Waals surface area contributed by atoms with Crippen molar-refractivity contribution in [3.63, 3.8) is 0 Å². The first-order valence-electron chi connectivity index (χ1n) is 7.21. The highest BCUT2D eigenvalue weighted by Gasteiger charge is 2.22. The Bertz CT molecular complexity index is 513. The molecule has 6 nitrogen and oxygen atoms in total. The molecule has 1 atom stereocenters. The highest BCUT2D eigenvalue weighted by atomic mass is 16.5. The fraction of sp³-hybridized carbons (Fsp3) is 0.533. The molecule has 0 saturated carbocycles. The van der Waals surface area contributed by atoms with Crippen LogP contribution < -0.4 is 5.32 Å². The maximum atomic E-state index is 12.3. The smallest absolute Gasteiger partial charge is 0.356 e. The van der Waals surface area contributed by atoms with Crippen LogP contribution >= 0.6 is 0 Å². The van der Waals surface area contributed by atoms with Gasteiger partial charge in [-0.1, -0.05) is 0 Å².